The maximum absolute atomic E-state index is 13.0. The lowest BCUT2D eigenvalue weighted by Gasteiger charge is -2.31. The number of carbonyl (C=O) groups excluding carboxylic acids is 1. The van der Waals surface area contributed by atoms with Crippen LogP contribution in [0.1, 0.15) is 28.1 Å². The number of nitrogens with zero attached hydrogens (tertiary/aromatic N) is 4. The van der Waals surface area contributed by atoms with E-state index in [1.807, 2.05) is 54.6 Å². The largest absolute Gasteiger partial charge is 0.467 e. The van der Waals surface area contributed by atoms with Crippen LogP contribution in [0, 0.1) is 25.2 Å². The molecule has 1 saturated heterocycles. The second-order valence-corrected chi connectivity index (χ2v) is 8.66. The summed E-state index contributed by atoms with van der Waals surface area (Å²) in [5, 5.41) is 12.7. The van der Waals surface area contributed by atoms with Crippen molar-refractivity contribution in [1.29, 1.82) is 5.26 Å². The minimum atomic E-state index is -0.166. The molecule has 0 radical (unpaired) electrons. The molecule has 0 aliphatic carbocycles. The van der Waals surface area contributed by atoms with Gasteiger partial charge in [-0.25, -0.2) is 0 Å². The van der Waals surface area contributed by atoms with Crippen LogP contribution in [0.15, 0.2) is 47.1 Å². The fraction of sp³-hybridized carbons (Fsp3) is 0.385. The molecule has 3 aromatic rings. The molecule has 3 heterocycles. The lowest BCUT2D eigenvalue weighted by molar-refractivity contribution is -0.117. The fourth-order valence-electron chi connectivity index (χ4n) is 4.41. The number of aromatic nitrogens is 1. The Morgan fingerprint density at radius 1 is 1.18 bits per heavy atom. The van der Waals surface area contributed by atoms with Crippen molar-refractivity contribution < 1.29 is 13.9 Å². The molecule has 1 aliphatic rings. The Balaban J connectivity index is 1.46. The summed E-state index contributed by atoms with van der Waals surface area (Å²) >= 11 is 0. The highest BCUT2D eigenvalue weighted by molar-refractivity contribution is 5.93. The summed E-state index contributed by atoms with van der Waals surface area (Å²) in [7, 11) is 1.93. The molecule has 0 spiro atoms. The number of ether oxygens (including phenoxy) is 1. The lowest BCUT2D eigenvalue weighted by atomic mass is 10.1. The van der Waals surface area contributed by atoms with Crippen molar-refractivity contribution in [2.45, 2.75) is 26.9 Å². The fourth-order valence-corrected chi connectivity index (χ4v) is 4.41. The van der Waals surface area contributed by atoms with E-state index in [0.717, 1.165) is 43.3 Å². The first-order valence-electron chi connectivity index (χ1n) is 11.5. The molecular formula is C26H31N5O3. The Kier molecular flexibility index (Phi) is 7.36. The van der Waals surface area contributed by atoms with Gasteiger partial charge in [0.15, 0.2) is 0 Å². The summed E-state index contributed by atoms with van der Waals surface area (Å²) in [5.74, 6) is 1.11. The SMILES string of the molecule is Cc1c(C#N)c(NC(=O)CN(C)Cc2ccccc2N2CCOCC2)n(Cc2ccco2)c1C. The molecule has 8 nitrogen and oxygen atoms in total. The highest BCUT2D eigenvalue weighted by atomic mass is 16.5. The summed E-state index contributed by atoms with van der Waals surface area (Å²) in [4.78, 5) is 17.3. The zero-order valence-electron chi connectivity index (χ0n) is 20.0. The Labute approximate surface area is 200 Å². The van der Waals surface area contributed by atoms with Crippen LogP contribution in [0.25, 0.3) is 0 Å². The minimum absolute atomic E-state index is 0.166. The van der Waals surface area contributed by atoms with Crippen LogP contribution in [0.4, 0.5) is 11.5 Å². The Bertz CT molecular complexity index is 1170. The number of rotatable bonds is 8. The topological polar surface area (TPSA) is 86.7 Å². The van der Waals surface area contributed by atoms with Crippen molar-refractivity contribution in [2.24, 2.45) is 0 Å². The number of amides is 1. The van der Waals surface area contributed by atoms with Crippen molar-refractivity contribution in [2.75, 3.05) is 50.1 Å². The second-order valence-electron chi connectivity index (χ2n) is 8.66. The average Bonchev–Trinajstić information content (AvgIpc) is 3.42. The summed E-state index contributed by atoms with van der Waals surface area (Å²) in [6, 6.07) is 14.3. The van der Waals surface area contributed by atoms with E-state index in [4.69, 9.17) is 9.15 Å². The smallest absolute Gasteiger partial charge is 0.239 e. The van der Waals surface area contributed by atoms with E-state index < -0.39 is 0 Å². The van der Waals surface area contributed by atoms with E-state index >= 15 is 0 Å². The number of para-hydroxylation sites is 1. The lowest BCUT2D eigenvalue weighted by Crippen LogP contribution is -2.37. The molecule has 4 rings (SSSR count). The molecule has 0 unspecified atom stereocenters. The quantitative estimate of drug-likeness (QED) is 0.552. The first-order valence-corrected chi connectivity index (χ1v) is 11.5. The van der Waals surface area contributed by atoms with Crippen molar-refractivity contribution in [3.8, 4) is 6.07 Å². The third-order valence-electron chi connectivity index (χ3n) is 6.29. The molecule has 2 aromatic heterocycles. The van der Waals surface area contributed by atoms with Gasteiger partial charge in [0.25, 0.3) is 0 Å². The molecule has 0 bridgehead atoms. The average molecular weight is 462 g/mol. The molecule has 34 heavy (non-hydrogen) atoms. The number of likely N-dealkylation sites (N-methyl/N-ethyl adjacent to an activating group) is 1. The van der Waals surface area contributed by atoms with Gasteiger partial charge >= 0.3 is 0 Å². The van der Waals surface area contributed by atoms with E-state index in [1.54, 1.807) is 6.26 Å². The number of carbonyl (C=O) groups is 1. The number of hydrogen-bond acceptors (Lipinski definition) is 6. The number of hydrogen-bond donors (Lipinski definition) is 1. The Hall–Kier alpha value is -3.54. The number of furan rings is 1. The first-order chi connectivity index (χ1) is 16.5. The van der Waals surface area contributed by atoms with Crippen LogP contribution in [-0.4, -0.2) is 55.3 Å². The number of nitriles is 1. The third-order valence-corrected chi connectivity index (χ3v) is 6.29. The first kappa shape index (κ1) is 23.6. The van der Waals surface area contributed by atoms with E-state index in [0.29, 0.717) is 24.5 Å². The van der Waals surface area contributed by atoms with Gasteiger partial charge < -0.3 is 23.9 Å². The van der Waals surface area contributed by atoms with Crippen LogP contribution < -0.4 is 10.2 Å². The minimum Gasteiger partial charge on any atom is -0.467 e. The normalized spacial score (nSPS) is 13.8. The van der Waals surface area contributed by atoms with Crippen LogP contribution >= 0.6 is 0 Å². The third kappa shape index (κ3) is 5.16. The molecular weight excluding hydrogens is 430 g/mol. The van der Waals surface area contributed by atoms with Gasteiger partial charge in [-0.3, -0.25) is 9.69 Å². The maximum atomic E-state index is 13.0. The van der Waals surface area contributed by atoms with E-state index in [-0.39, 0.29) is 12.5 Å². The van der Waals surface area contributed by atoms with Crippen LogP contribution in [0.2, 0.25) is 0 Å². The van der Waals surface area contributed by atoms with Crippen molar-refractivity contribution in [1.82, 2.24) is 9.47 Å². The van der Waals surface area contributed by atoms with Gasteiger partial charge in [0, 0.05) is 31.0 Å². The number of benzene rings is 1. The highest BCUT2D eigenvalue weighted by Crippen LogP contribution is 2.28. The molecule has 1 aliphatic heterocycles. The second kappa shape index (κ2) is 10.6. The van der Waals surface area contributed by atoms with Gasteiger partial charge in [0.2, 0.25) is 5.91 Å². The Morgan fingerprint density at radius 2 is 1.94 bits per heavy atom. The molecule has 178 valence electrons. The van der Waals surface area contributed by atoms with E-state index in [9.17, 15) is 10.1 Å². The van der Waals surface area contributed by atoms with Crippen molar-refractivity contribution >= 4 is 17.4 Å². The van der Waals surface area contributed by atoms with E-state index in [1.165, 1.54) is 11.3 Å². The van der Waals surface area contributed by atoms with Crippen LogP contribution in [-0.2, 0) is 22.6 Å². The van der Waals surface area contributed by atoms with Gasteiger partial charge in [-0.15, -0.1) is 0 Å². The summed E-state index contributed by atoms with van der Waals surface area (Å²) < 4.78 is 12.9. The maximum Gasteiger partial charge on any atom is 0.239 e. The molecule has 1 amide bonds. The Morgan fingerprint density at radius 3 is 2.65 bits per heavy atom. The zero-order chi connectivity index (χ0) is 24.1. The predicted octanol–water partition coefficient (Wildman–Crippen LogP) is 3.53. The standard InChI is InChI=1S/C26H31N5O3/c1-19-20(2)31(17-22-8-6-12-34-22)26(23(19)15-27)28-25(32)18-29(3)16-21-7-4-5-9-24(21)30-10-13-33-14-11-30/h4-9,12H,10-11,13-14,16-18H2,1-3H3,(H,28,32). The predicted molar refractivity (Wildman–Crippen MR) is 131 cm³/mol. The number of anilines is 2. The summed E-state index contributed by atoms with van der Waals surface area (Å²) in [6.07, 6.45) is 1.62. The monoisotopic (exact) mass is 461 g/mol. The van der Waals surface area contributed by atoms with Gasteiger partial charge in [0.05, 0.1) is 38.1 Å². The van der Waals surface area contributed by atoms with Crippen LogP contribution in [0.5, 0.6) is 0 Å². The van der Waals surface area contributed by atoms with Gasteiger partial charge in [-0.2, -0.15) is 5.26 Å². The van der Waals surface area contributed by atoms with Crippen molar-refractivity contribution in [3.05, 3.63) is 70.8 Å². The highest BCUT2D eigenvalue weighted by Gasteiger charge is 2.21. The molecule has 0 atom stereocenters. The molecule has 8 heteroatoms. The summed E-state index contributed by atoms with van der Waals surface area (Å²) in [5.41, 5.74) is 4.62. The van der Waals surface area contributed by atoms with Gasteiger partial charge in [0.1, 0.15) is 17.6 Å². The van der Waals surface area contributed by atoms with Gasteiger partial charge in [-0.1, -0.05) is 18.2 Å². The molecule has 1 aromatic carbocycles. The molecule has 1 N–H and O–H groups in total. The number of morpholine rings is 1. The van der Waals surface area contributed by atoms with Gasteiger partial charge in [-0.05, 0) is 50.2 Å². The molecule has 1 fully saturated rings. The zero-order valence-corrected chi connectivity index (χ0v) is 20.0. The number of nitrogens with one attached hydrogen (secondary N) is 1. The van der Waals surface area contributed by atoms with Crippen LogP contribution in [0.3, 0.4) is 0 Å². The summed E-state index contributed by atoms with van der Waals surface area (Å²) in [6.45, 7) is 8.31. The molecule has 0 saturated carbocycles. The van der Waals surface area contributed by atoms with E-state index in [2.05, 4.69) is 28.4 Å². The van der Waals surface area contributed by atoms with Crippen molar-refractivity contribution in [3.63, 3.8) is 0 Å².